The van der Waals surface area contributed by atoms with E-state index in [2.05, 4.69) is 5.32 Å². The average molecular weight is 363 g/mol. The van der Waals surface area contributed by atoms with Gasteiger partial charge < -0.3 is 19.5 Å². The first-order valence-corrected chi connectivity index (χ1v) is 9.01. The summed E-state index contributed by atoms with van der Waals surface area (Å²) in [5.74, 6) is 1.93. The molecule has 1 heterocycles. The molecule has 1 aliphatic heterocycles. The first-order chi connectivity index (χ1) is 13.2. The number of para-hydroxylation sites is 2. The lowest BCUT2D eigenvalue weighted by Crippen LogP contribution is -2.44. The van der Waals surface area contributed by atoms with Gasteiger partial charge in [-0.3, -0.25) is 4.79 Å². The highest BCUT2D eigenvalue weighted by Crippen LogP contribution is 2.30. The molecule has 0 unspecified atom stereocenters. The zero-order chi connectivity index (χ0) is 18.6. The van der Waals surface area contributed by atoms with Crippen molar-refractivity contribution in [3.63, 3.8) is 0 Å². The third kappa shape index (κ3) is 3.82. The van der Waals surface area contributed by atoms with E-state index >= 15 is 0 Å². The summed E-state index contributed by atoms with van der Waals surface area (Å²) in [6, 6.07) is 21.3. The first kappa shape index (κ1) is 17.2. The highest BCUT2D eigenvalue weighted by atomic mass is 16.6. The molecule has 0 aliphatic carbocycles. The predicted octanol–water partition coefficient (Wildman–Crippen LogP) is 3.56. The number of amides is 1. The second kappa shape index (κ2) is 7.58. The Labute approximate surface area is 157 Å². The van der Waals surface area contributed by atoms with Crippen LogP contribution in [0.2, 0.25) is 0 Å². The van der Waals surface area contributed by atoms with Crippen molar-refractivity contribution in [2.75, 3.05) is 13.2 Å². The molecule has 0 spiro atoms. The van der Waals surface area contributed by atoms with Crippen LogP contribution in [0.1, 0.15) is 6.92 Å². The van der Waals surface area contributed by atoms with Gasteiger partial charge in [-0.25, -0.2) is 0 Å². The van der Waals surface area contributed by atoms with E-state index < -0.39 is 6.10 Å². The molecule has 27 heavy (non-hydrogen) atoms. The quantitative estimate of drug-likeness (QED) is 0.753. The van der Waals surface area contributed by atoms with Crippen molar-refractivity contribution in [1.29, 1.82) is 0 Å². The van der Waals surface area contributed by atoms with Crippen LogP contribution in [0.25, 0.3) is 10.8 Å². The lowest BCUT2D eigenvalue weighted by molar-refractivity contribution is -0.127. The number of hydrogen-bond donors (Lipinski definition) is 1. The number of nitrogens with one attached hydrogen (secondary N) is 1. The maximum Gasteiger partial charge on any atom is 0.260 e. The van der Waals surface area contributed by atoms with E-state index in [1.165, 1.54) is 0 Å². The van der Waals surface area contributed by atoms with Gasteiger partial charge in [0.1, 0.15) is 18.5 Å². The Morgan fingerprint density at radius 1 is 1.07 bits per heavy atom. The van der Waals surface area contributed by atoms with E-state index in [1.807, 2.05) is 66.7 Å². The van der Waals surface area contributed by atoms with Crippen molar-refractivity contribution in [2.45, 2.75) is 19.1 Å². The lowest BCUT2D eigenvalue weighted by atomic mass is 10.1. The Bertz CT molecular complexity index is 950. The molecule has 0 bridgehead atoms. The van der Waals surface area contributed by atoms with Crippen molar-refractivity contribution in [3.05, 3.63) is 66.7 Å². The van der Waals surface area contributed by atoms with Gasteiger partial charge in [0, 0.05) is 5.39 Å². The molecule has 2 atom stereocenters. The van der Waals surface area contributed by atoms with E-state index in [0.717, 1.165) is 16.5 Å². The summed E-state index contributed by atoms with van der Waals surface area (Å²) in [5.41, 5.74) is 0. The molecule has 0 radical (unpaired) electrons. The molecule has 0 saturated heterocycles. The molecule has 5 heteroatoms. The number of hydrogen-bond acceptors (Lipinski definition) is 4. The Balaban J connectivity index is 1.35. The minimum atomic E-state index is -0.618. The molecule has 0 aromatic heterocycles. The average Bonchev–Trinajstić information content (AvgIpc) is 2.72. The number of benzene rings is 3. The summed E-state index contributed by atoms with van der Waals surface area (Å²) in [6.45, 7) is 2.50. The topological polar surface area (TPSA) is 56.8 Å². The largest absolute Gasteiger partial charge is 0.486 e. The summed E-state index contributed by atoms with van der Waals surface area (Å²) in [6.07, 6.45) is -0.846. The third-order valence-electron chi connectivity index (χ3n) is 4.49. The van der Waals surface area contributed by atoms with Gasteiger partial charge in [0.05, 0.1) is 6.54 Å². The molecule has 3 aromatic rings. The standard InChI is InChI=1S/C22H21NO4/c1-15(26-19-12-6-8-16-7-2-3-9-18(16)19)22(24)23-13-17-14-25-20-10-4-5-11-21(20)27-17/h2-12,15,17H,13-14H2,1H3,(H,23,24)/t15-,17+/m0/s1. The second-order valence-corrected chi connectivity index (χ2v) is 6.48. The van der Waals surface area contributed by atoms with Crippen molar-refractivity contribution >= 4 is 16.7 Å². The molecular weight excluding hydrogens is 342 g/mol. The van der Waals surface area contributed by atoms with E-state index in [4.69, 9.17) is 14.2 Å². The molecule has 1 N–H and O–H groups in total. The lowest BCUT2D eigenvalue weighted by Gasteiger charge is -2.27. The summed E-state index contributed by atoms with van der Waals surface area (Å²) in [4.78, 5) is 12.4. The van der Waals surface area contributed by atoms with Crippen molar-refractivity contribution in [3.8, 4) is 17.2 Å². The van der Waals surface area contributed by atoms with E-state index in [0.29, 0.717) is 24.7 Å². The number of carbonyl (C=O) groups excluding carboxylic acids is 1. The summed E-state index contributed by atoms with van der Waals surface area (Å²) in [7, 11) is 0. The number of fused-ring (bicyclic) bond motifs is 2. The zero-order valence-electron chi connectivity index (χ0n) is 15.1. The Morgan fingerprint density at radius 3 is 2.70 bits per heavy atom. The summed E-state index contributed by atoms with van der Waals surface area (Å²) < 4.78 is 17.4. The smallest absolute Gasteiger partial charge is 0.260 e. The fraction of sp³-hybridized carbons (Fsp3) is 0.227. The summed E-state index contributed by atoms with van der Waals surface area (Å²) >= 11 is 0. The minimum Gasteiger partial charge on any atom is -0.486 e. The van der Waals surface area contributed by atoms with Gasteiger partial charge in [-0.05, 0) is 30.5 Å². The Kier molecular flexibility index (Phi) is 4.83. The normalized spacial score (nSPS) is 16.6. The third-order valence-corrected chi connectivity index (χ3v) is 4.49. The Morgan fingerprint density at radius 2 is 1.81 bits per heavy atom. The van der Waals surface area contributed by atoms with Crippen LogP contribution in [-0.2, 0) is 4.79 Å². The minimum absolute atomic E-state index is 0.189. The fourth-order valence-electron chi connectivity index (χ4n) is 3.06. The molecule has 0 saturated carbocycles. The molecule has 1 aliphatic rings. The van der Waals surface area contributed by atoms with Crippen LogP contribution in [0.15, 0.2) is 66.7 Å². The number of ether oxygens (including phenoxy) is 3. The highest BCUT2D eigenvalue weighted by Gasteiger charge is 2.23. The maximum absolute atomic E-state index is 12.4. The van der Waals surface area contributed by atoms with Crippen LogP contribution in [0, 0.1) is 0 Å². The molecule has 0 fully saturated rings. The van der Waals surface area contributed by atoms with Gasteiger partial charge in [0.15, 0.2) is 17.6 Å². The number of carbonyl (C=O) groups is 1. The van der Waals surface area contributed by atoms with E-state index in [-0.39, 0.29) is 12.0 Å². The highest BCUT2D eigenvalue weighted by molar-refractivity contribution is 5.89. The molecule has 138 valence electrons. The maximum atomic E-state index is 12.4. The summed E-state index contributed by atoms with van der Waals surface area (Å²) in [5, 5.41) is 4.95. The van der Waals surface area contributed by atoms with Crippen LogP contribution in [0.3, 0.4) is 0 Å². The zero-order valence-corrected chi connectivity index (χ0v) is 15.1. The van der Waals surface area contributed by atoms with Gasteiger partial charge in [0.25, 0.3) is 5.91 Å². The number of rotatable bonds is 5. The van der Waals surface area contributed by atoms with Crippen LogP contribution in [-0.4, -0.2) is 31.3 Å². The van der Waals surface area contributed by atoms with Gasteiger partial charge in [-0.2, -0.15) is 0 Å². The molecular formula is C22H21NO4. The second-order valence-electron chi connectivity index (χ2n) is 6.48. The van der Waals surface area contributed by atoms with Crippen molar-refractivity contribution in [2.24, 2.45) is 0 Å². The Hall–Kier alpha value is -3.21. The molecule has 5 nitrogen and oxygen atoms in total. The monoisotopic (exact) mass is 363 g/mol. The van der Waals surface area contributed by atoms with Crippen molar-refractivity contribution < 1.29 is 19.0 Å². The predicted molar refractivity (Wildman–Crippen MR) is 103 cm³/mol. The van der Waals surface area contributed by atoms with Crippen LogP contribution in [0.5, 0.6) is 17.2 Å². The van der Waals surface area contributed by atoms with E-state index in [1.54, 1.807) is 6.92 Å². The van der Waals surface area contributed by atoms with Gasteiger partial charge in [0.2, 0.25) is 0 Å². The van der Waals surface area contributed by atoms with Crippen LogP contribution < -0.4 is 19.5 Å². The van der Waals surface area contributed by atoms with Crippen molar-refractivity contribution in [1.82, 2.24) is 5.32 Å². The fourth-order valence-corrected chi connectivity index (χ4v) is 3.06. The molecule has 4 rings (SSSR count). The van der Waals surface area contributed by atoms with E-state index in [9.17, 15) is 4.79 Å². The first-order valence-electron chi connectivity index (χ1n) is 9.01. The van der Waals surface area contributed by atoms with Crippen LogP contribution in [0.4, 0.5) is 0 Å². The van der Waals surface area contributed by atoms with Gasteiger partial charge in [-0.1, -0.05) is 48.5 Å². The van der Waals surface area contributed by atoms with Crippen LogP contribution >= 0.6 is 0 Å². The van der Waals surface area contributed by atoms with Gasteiger partial charge >= 0.3 is 0 Å². The SMILES string of the molecule is C[C@H](Oc1cccc2ccccc12)C(=O)NC[C@@H]1COc2ccccc2O1. The molecule has 3 aromatic carbocycles. The van der Waals surface area contributed by atoms with Gasteiger partial charge in [-0.15, -0.1) is 0 Å². The molecule has 1 amide bonds.